The average Bonchev–Trinajstić information content (AvgIpc) is 3.21. The molecule has 2 aliphatic carbocycles. The molecule has 0 aromatic heterocycles. The van der Waals surface area contributed by atoms with E-state index in [1.54, 1.807) is 0 Å². The van der Waals surface area contributed by atoms with Crippen molar-refractivity contribution < 1.29 is 0 Å². The fraction of sp³-hybridized carbons (Fsp3) is 0.600. The summed E-state index contributed by atoms with van der Waals surface area (Å²) in [5.41, 5.74) is 8.56. The van der Waals surface area contributed by atoms with Gasteiger partial charge in [0, 0.05) is 25.7 Å². The zero-order chi connectivity index (χ0) is 11.7. The third kappa shape index (κ3) is 2.88. The van der Waals surface area contributed by atoms with Crippen LogP contribution < -0.4 is 5.73 Å². The van der Waals surface area contributed by atoms with Crippen LogP contribution in [0.5, 0.6) is 0 Å². The molecule has 0 aliphatic heterocycles. The smallest absolute Gasteiger partial charge is 0.0240 e. The molecule has 0 amide bonds. The highest BCUT2D eigenvalue weighted by Crippen LogP contribution is 2.35. The summed E-state index contributed by atoms with van der Waals surface area (Å²) in [4.78, 5) is 2.69. The number of nitrogens with two attached hydrogens (primary N) is 1. The summed E-state index contributed by atoms with van der Waals surface area (Å²) in [6.07, 6.45) is 5.69. The highest BCUT2D eigenvalue weighted by molar-refractivity contribution is 5.27. The first kappa shape index (κ1) is 11.2. The Morgan fingerprint density at radius 3 is 2.35 bits per heavy atom. The number of hydrogen-bond donors (Lipinski definition) is 1. The van der Waals surface area contributed by atoms with E-state index in [1.807, 2.05) is 0 Å². The Hall–Kier alpha value is -0.860. The van der Waals surface area contributed by atoms with Crippen molar-refractivity contribution in [1.82, 2.24) is 4.90 Å². The van der Waals surface area contributed by atoms with Crippen LogP contribution in [0.4, 0.5) is 0 Å². The number of nitrogens with zero attached hydrogens (tertiary/aromatic N) is 1. The molecule has 2 fully saturated rings. The summed E-state index contributed by atoms with van der Waals surface area (Å²) < 4.78 is 0. The molecule has 0 saturated heterocycles. The molecule has 92 valence electrons. The lowest BCUT2D eigenvalue weighted by atomic mass is 10.1. The Morgan fingerprint density at radius 1 is 1.06 bits per heavy atom. The molecule has 17 heavy (non-hydrogen) atoms. The van der Waals surface area contributed by atoms with Crippen LogP contribution in [0, 0.1) is 5.92 Å². The molecule has 2 aliphatic rings. The molecule has 0 atom stereocenters. The van der Waals surface area contributed by atoms with Crippen LogP contribution in [0.15, 0.2) is 24.3 Å². The topological polar surface area (TPSA) is 29.3 Å². The number of hydrogen-bond acceptors (Lipinski definition) is 2. The minimum atomic E-state index is 0.665. The van der Waals surface area contributed by atoms with Gasteiger partial charge in [0.2, 0.25) is 0 Å². The van der Waals surface area contributed by atoms with Crippen molar-refractivity contribution in [2.45, 2.75) is 44.8 Å². The van der Waals surface area contributed by atoms with Crippen molar-refractivity contribution >= 4 is 0 Å². The maximum Gasteiger partial charge on any atom is 0.0240 e. The van der Waals surface area contributed by atoms with Gasteiger partial charge in [0.15, 0.2) is 0 Å². The van der Waals surface area contributed by atoms with Gasteiger partial charge in [-0.3, -0.25) is 4.90 Å². The zero-order valence-corrected chi connectivity index (χ0v) is 10.4. The first-order valence-corrected chi connectivity index (χ1v) is 6.87. The van der Waals surface area contributed by atoms with Crippen molar-refractivity contribution in [2.24, 2.45) is 11.7 Å². The Bertz CT molecular complexity index is 380. The molecule has 2 heteroatoms. The lowest BCUT2D eigenvalue weighted by Crippen LogP contribution is -2.28. The molecule has 2 nitrogen and oxygen atoms in total. The second kappa shape index (κ2) is 4.79. The van der Waals surface area contributed by atoms with E-state index in [9.17, 15) is 0 Å². The van der Waals surface area contributed by atoms with Crippen LogP contribution in [0.2, 0.25) is 0 Å². The Kier molecular flexibility index (Phi) is 3.17. The van der Waals surface area contributed by atoms with E-state index < -0.39 is 0 Å². The zero-order valence-electron chi connectivity index (χ0n) is 10.4. The van der Waals surface area contributed by atoms with Crippen LogP contribution in [-0.2, 0) is 13.1 Å². The molecule has 0 radical (unpaired) electrons. The van der Waals surface area contributed by atoms with Crippen molar-refractivity contribution in [1.29, 1.82) is 0 Å². The van der Waals surface area contributed by atoms with Gasteiger partial charge in [-0.25, -0.2) is 0 Å². The summed E-state index contributed by atoms with van der Waals surface area (Å²) >= 11 is 0. The molecule has 2 saturated carbocycles. The van der Waals surface area contributed by atoms with Crippen LogP contribution in [0.1, 0.15) is 36.8 Å². The van der Waals surface area contributed by atoms with Gasteiger partial charge in [0.1, 0.15) is 0 Å². The molecule has 0 bridgehead atoms. The van der Waals surface area contributed by atoms with E-state index in [-0.39, 0.29) is 0 Å². The van der Waals surface area contributed by atoms with E-state index in [1.165, 1.54) is 43.4 Å². The number of rotatable bonds is 6. The molecule has 1 aromatic carbocycles. The van der Waals surface area contributed by atoms with Crippen molar-refractivity contribution in [2.75, 3.05) is 6.54 Å². The van der Waals surface area contributed by atoms with E-state index >= 15 is 0 Å². The van der Waals surface area contributed by atoms with E-state index in [0.717, 1.165) is 18.5 Å². The van der Waals surface area contributed by atoms with Gasteiger partial charge in [-0.1, -0.05) is 24.3 Å². The first-order valence-electron chi connectivity index (χ1n) is 6.87. The standard InChI is InChI=1S/C15H22N2/c16-9-13-3-1-2-4-14(13)11-17(15-7-8-15)10-12-5-6-12/h1-4,12,15H,5-11,16H2. The molecule has 0 unspecified atom stereocenters. The van der Waals surface area contributed by atoms with Gasteiger partial charge in [-0.05, 0) is 42.7 Å². The molecule has 0 heterocycles. The van der Waals surface area contributed by atoms with Crippen molar-refractivity contribution in [3.05, 3.63) is 35.4 Å². The molecular formula is C15H22N2. The van der Waals surface area contributed by atoms with Gasteiger partial charge in [0.05, 0.1) is 0 Å². The Labute approximate surface area is 104 Å². The largest absolute Gasteiger partial charge is 0.326 e. The van der Waals surface area contributed by atoms with E-state index in [4.69, 9.17) is 5.73 Å². The molecule has 1 aromatic rings. The van der Waals surface area contributed by atoms with Crippen LogP contribution in [-0.4, -0.2) is 17.5 Å². The van der Waals surface area contributed by atoms with E-state index in [0.29, 0.717) is 6.54 Å². The fourth-order valence-corrected chi connectivity index (χ4v) is 2.54. The minimum absolute atomic E-state index is 0.665. The van der Waals surface area contributed by atoms with E-state index in [2.05, 4.69) is 29.2 Å². The summed E-state index contributed by atoms with van der Waals surface area (Å²) in [5, 5.41) is 0. The normalized spacial score (nSPS) is 19.9. The summed E-state index contributed by atoms with van der Waals surface area (Å²) in [5.74, 6) is 0.987. The maximum absolute atomic E-state index is 5.81. The van der Waals surface area contributed by atoms with Gasteiger partial charge >= 0.3 is 0 Å². The van der Waals surface area contributed by atoms with Gasteiger partial charge in [0.25, 0.3) is 0 Å². The van der Waals surface area contributed by atoms with Crippen molar-refractivity contribution in [3.8, 4) is 0 Å². The first-order chi connectivity index (χ1) is 8.36. The van der Waals surface area contributed by atoms with Crippen molar-refractivity contribution in [3.63, 3.8) is 0 Å². The second-order valence-corrected chi connectivity index (χ2v) is 5.58. The highest BCUT2D eigenvalue weighted by Gasteiger charge is 2.33. The minimum Gasteiger partial charge on any atom is -0.326 e. The SMILES string of the molecule is NCc1ccccc1CN(CC1CC1)C1CC1. The molecule has 2 N–H and O–H groups in total. The molecule has 3 rings (SSSR count). The maximum atomic E-state index is 5.81. The van der Waals surface area contributed by atoms with Gasteiger partial charge < -0.3 is 5.73 Å². The summed E-state index contributed by atoms with van der Waals surface area (Å²) in [6, 6.07) is 9.49. The van der Waals surface area contributed by atoms with Gasteiger partial charge in [-0.15, -0.1) is 0 Å². The monoisotopic (exact) mass is 230 g/mol. The summed E-state index contributed by atoms with van der Waals surface area (Å²) in [6.45, 7) is 3.08. The van der Waals surface area contributed by atoms with Crippen LogP contribution >= 0.6 is 0 Å². The Balaban J connectivity index is 1.69. The lowest BCUT2D eigenvalue weighted by Gasteiger charge is -2.23. The van der Waals surface area contributed by atoms with Gasteiger partial charge in [-0.2, -0.15) is 0 Å². The number of benzene rings is 1. The summed E-state index contributed by atoms with van der Waals surface area (Å²) in [7, 11) is 0. The molecular weight excluding hydrogens is 208 g/mol. The highest BCUT2D eigenvalue weighted by atomic mass is 15.2. The van der Waals surface area contributed by atoms with Crippen LogP contribution in [0.3, 0.4) is 0 Å². The predicted octanol–water partition coefficient (Wildman–Crippen LogP) is 2.52. The lowest BCUT2D eigenvalue weighted by molar-refractivity contribution is 0.243. The average molecular weight is 230 g/mol. The third-order valence-electron chi connectivity index (χ3n) is 3.96. The fourth-order valence-electron chi connectivity index (χ4n) is 2.54. The second-order valence-electron chi connectivity index (χ2n) is 5.58. The molecule has 0 spiro atoms. The third-order valence-corrected chi connectivity index (χ3v) is 3.96. The Morgan fingerprint density at radius 2 is 1.76 bits per heavy atom. The quantitative estimate of drug-likeness (QED) is 0.813. The predicted molar refractivity (Wildman–Crippen MR) is 70.5 cm³/mol. The van der Waals surface area contributed by atoms with Crippen LogP contribution in [0.25, 0.3) is 0 Å².